The quantitative estimate of drug-likeness (QED) is 0.471. The Kier molecular flexibility index (Phi) is 10.6. The van der Waals surface area contributed by atoms with Gasteiger partial charge in [0.25, 0.3) is 0 Å². The van der Waals surface area contributed by atoms with Gasteiger partial charge in [-0.3, -0.25) is 12.2 Å². The molecule has 3 heteroatoms. The van der Waals surface area contributed by atoms with Gasteiger partial charge in [-0.2, -0.15) is 22.3 Å². The van der Waals surface area contributed by atoms with Crippen molar-refractivity contribution in [3.05, 3.63) is 45.6 Å². The standard InChI is InChI=1S/C19H26.2ClH.Ti/c1-7-15-9-11-17(13(15)3)19(5,6)18-12-10-16(8-2)14(18)4;;;/h7-8,11-12H2,1-6H3;2*1H;/q-2;;;+4/p-2. The first kappa shape index (κ1) is 24.5. The largest absolute Gasteiger partial charge is 4.00 e. The SMILES string of the molecule is CCC1=[C-]CC(C(C)(C)C2=C(C)C(CC)=[C-]C2)=C1C.[Cl-].[Cl-].[Ti+4]. The molecule has 2 aliphatic carbocycles. The maximum absolute atomic E-state index is 3.57. The Balaban J connectivity index is 0. The molecule has 0 unspecified atom stereocenters. The number of allylic oxidation sites excluding steroid dienone is 8. The normalized spacial score (nSPS) is 17.5. The molecule has 0 aromatic heterocycles. The van der Waals surface area contributed by atoms with Crippen LogP contribution >= 0.6 is 0 Å². The predicted octanol–water partition coefficient (Wildman–Crippen LogP) is -0.262. The van der Waals surface area contributed by atoms with Crippen molar-refractivity contribution in [1.82, 2.24) is 0 Å². The van der Waals surface area contributed by atoms with E-state index < -0.39 is 0 Å². The Morgan fingerprint density at radius 2 is 1.14 bits per heavy atom. The molecule has 0 atom stereocenters. The zero-order chi connectivity index (χ0) is 14.2. The summed E-state index contributed by atoms with van der Waals surface area (Å²) in [6.45, 7) is 13.8. The second kappa shape index (κ2) is 9.53. The van der Waals surface area contributed by atoms with Gasteiger partial charge in [0.2, 0.25) is 0 Å². The molecule has 120 valence electrons. The van der Waals surface area contributed by atoms with Crippen LogP contribution < -0.4 is 24.8 Å². The zero-order valence-electron chi connectivity index (χ0n) is 14.6. The van der Waals surface area contributed by atoms with Crippen LogP contribution in [0.15, 0.2) is 33.4 Å². The Labute approximate surface area is 164 Å². The van der Waals surface area contributed by atoms with E-state index in [2.05, 4.69) is 53.7 Å². The molecule has 0 radical (unpaired) electrons. The van der Waals surface area contributed by atoms with Gasteiger partial charge < -0.3 is 24.8 Å². The smallest absolute Gasteiger partial charge is 1.00 e. The number of hydrogen-bond acceptors (Lipinski definition) is 0. The van der Waals surface area contributed by atoms with E-state index in [-0.39, 0.29) is 51.9 Å². The maximum Gasteiger partial charge on any atom is 4.00 e. The van der Waals surface area contributed by atoms with Gasteiger partial charge in [-0.05, 0) is 5.41 Å². The van der Waals surface area contributed by atoms with Crippen molar-refractivity contribution in [2.75, 3.05) is 0 Å². The molecule has 0 N–H and O–H groups in total. The van der Waals surface area contributed by atoms with Gasteiger partial charge in [0.05, 0.1) is 0 Å². The average Bonchev–Trinajstić information content (AvgIpc) is 2.92. The van der Waals surface area contributed by atoms with Crippen LogP contribution in [-0.4, -0.2) is 0 Å². The zero-order valence-corrected chi connectivity index (χ0v) is 17.7. The predicted molar refractivity (Wildman–Crippen MR) is 82.5 cm³/mol. The summed E-state index contributed by atoms with van der Waals surface area (Å²) in [4.78, 5) is 0. The van der Waals surface area contributed by atoms with Gasteiger partial charge in [0, 0.05) is 0 Å². The molecular weight excluding hydrogens is 347 g/mol. The van der Waals surface area contributed by atoms with Crippen molar-refractivity contribution in [1.29, 1.82) is 0 Å². The minimum atomic E-state index is 0. The van der Waals surface area contributed by atoms with Crippen LogP contribution in [-0.2, 0) is 21.7 Å². The molecule has 0 aliphatic heterocycles. The van der Waals surface area contributed by atoms with Crippen LogP contribution in [0.3, 0.4) is 0 Å². The molecule has 0 fully saturated rings. The molecule has 0 aromatic rings. The van der Waals surface area contributed by atoms with Crippen molar-refractivity contribution < 1.29 is 46.5 Å². The minimum absolute atomic E-state index is 0. The van der Waals surface area contributed by atoms with E-state index in [1.165, 1.54) is 22.3 Å². The molecule has 0 heterocycles. The van der Waals surface area contributed by atoms with Gasteiger partial charge in [0.1, 0.15) is 0 Å². The molecule has 0 amide bonds. The molecule has 22 heavy (non-hydrogen) atoms. The molecular formula is C19H26Cl2Ti. The number of halogens is 2. The van der Waals surface area contributed by atoms with Gasteiger partial charge in [-0.1, -0.05) is 40.5 Å². The van der Waals surface area contributed by atoms with Crippen LogP contribution in [0.25, 0.3) is 0 Å². The van der Waals surface area contributed by atoms with E-state index in [0.29, 0.717) is 0 Å². The minimum Gasteiger partial charge on any atom is -1.00 e. The summed E-state index contributed by atoms with van der Waals surface area (Å²) in [6, 6.07) is 0. The molecule has 0 aromatic carbocycles. The Morgan fingerprint density at radius 1 is 0.818 bits per heavy atom. The van der Waals surface area contributed by atoms with Gasteiger partial charge in [0.15, 0.2) is 0 Å². The summed E-state index contributed by atoms with van der Waals surface area (Å²) in [5, 5.41) is 0. The Hall–Kier alpha value is 0.254. The van der Waals surface area contributed by atoms with Gasteiger partial charge >= 0.3 is 21.7 Å². The second-order valence-corrected chi connectivity index (χ2v) is 6.20. The summed E-state index contributed by atoms with van der Waals surface area (Å²) in [5.41, 5.74) is 9.10. The van der Waals surface area contributed by atoms with Crippen molar-refractivity contribution in [2.24, 2.45) is 5.41 Å². The van der Waals surface area contributed by atoms with Crippen molar-refractivity contribution in [3.63, 3.8) is 0 Å². The molecule has 0 bridgehead atoms. The fourth-order valence-corrected chi connectivity index (χ4v) is 3.63. The first-order valence-corrected chi connectivity index (χ1v) is 7.54. The molecule has 2 aliphatic rings. The number of hydrogen-bond donors (Lipinski definition) is 0. The average molecular weight is 373 g/mol. The first-order chi connectivity index (χ1) is 8.93. The third-order valence-electron chi connectivity index (χ3n) is 4.98. The van der Waals surface area contributed by atoms with Crippen LogP contribution in [0.2, 0.25) is 0 Å². The van der Waals surface area contributed by atoms with Crippen molar-refractivity contribution in [2.45, 2.75) is 67.2 Å². The van der Waals surface area contributed by atoms with Crippen LogP contribution in [0.4, 0.5) is 0 Å². The summed E-state index contributed by atoms with van der Waals surface area (Å²) in [7, 11) is 0. The van der Waals surface area contributed by atoms with Crippen LogP contribution in [0.5, 0.6) is 0 Å². The van der Waals surface area contributed by atoms with E-state index in [0.717, 1.165) is 25.7 Å². The van der Waals surface area contributed by atoms with E-state index in [1.54, 1.807) is 11.1 Å². The van der Waals surface area contributed by atoms with Crippen molar-refractivity contribution in [3.8, 4) is 0 Å². The first-order valence-electron chi connectivity index (χ1n) is 7.54. The maximum atomic E-state index is 3.57. The topological polar surface area (TPSA) is 0 Å². The van der Waals surface area contributed by atoms with E-state index in [9.17, 15) is 0 Å². The molecule has 0 spiro atoms. The molecule has 2 rings (SSSR count). The molecule has 0 nitrogen and oxygen atoms in total. The van der Waals surface area contributed by atoms with Crippen LogP contribution in [0.1, 0.15) is 67.2 Å². The summed E-state index contributed by atoms with van der Waals surface area (Å²) in [6.07, 6.45) is 11.4. The summed E-state index contributed by atoms with van der Waals surface area (Å²) >= 11 is 0. The van der Waals surface area contributed by atoms with Crippen molar-refractivity contribution >= 4 is 0 Å². The third kappa shape index (κ3) is 4.21. The second-order valence-electron chi connectivity index (χ2n) is 6.20. The van der Waals surface area contributed by atoms with Gasteiger partial charge in [-0.25, -0.2) is 11.1 Å². The van der Waals surface area contributed by atoms with Crippen LogP contribution in [0, 0.1) is 17.6 Å². The van der Waals surface area contributed by atoms with E-state index in [1.807, 2.05) is 0 Å². The molecule has 0 saturated carbocycles. The number of rotatable bonds is 4. The monoisotopic (exact) mass is 372 g/mol. The van der Waals surface area contributed by atoms with E-state index in [4.69, 9.17) is 0 Å². The Morgan fingerprint density at radius 3 is 1.36 bits per heavy atom. The molecule has 0 saturated heterocycles. The van der Waals surface area contributed by atoms with E-state index >= 15 is 0 Å². The summed E-state index contributed by atoms with van der Waals surface area (Å²) in [5.74, 6) is 0. The third-order valence-corrected chi connectivity index (χ3v) is 4.98. The summed E-state index contributed by atoms with van der Waals surface area (Å²) < 4.78 is 0. The fraction of sp³-hybridized carbons (Fsp3) is 0.579. The fourth-order valence-electron chi connectivity index (χ4n) is 3.63. The Bertz CT molecular complexity index is 474. The van der Waals surface area contributed by atoms with Gasteiger partial charge in [-0.15, -0.1) is 26.7 Å².